The summed E-state index contributed by atoms with van der Waals surface area (Å²) in [6.45, 7) is 4.45. The van der Waals surface area contributed by atoms with Gasteiger partial charge in [0, 0.05) is 10.0 Å². The molecule has 0 aliphatic rings. The van der Waals surface area contributed by atoms with Gasteiger partial charge in [-0.15, -0.1) is 0 Å². The highest BCUT2D eigenvalue weighted by Crippen LogP contribution is 2.28. The van der Waals surface area contributed by atoms with Gasteiger partial charge in [0.1, 0.15) is 0 Å². The van der Waals surface area contributed by atoms with Crippen molar-refractivity contribution in [1.29, 1.82) is 0 Å². The summed E-state index contributed by atoms with van der Waals surface area (Å²) in [5.74, 6) is 0.599. The maximum atomic E-state index is 6.02. The van der Waals surface area contributed by atoms with Crippen LogP contribution in [-0.4, -0.2) is 0 Å². The summed E-state index contributed by atoms with van der Waals surface area (Å²) in [6.07, 6.45) is 1.16. The normalized spacial score (nSPS) is 12.4. The highest BCUT2D eigenvalue weighted by atomic mass is 35.5. The van der Waals surface area contributed by atoms with Crippen molar-refractivity contribution in [3.63, 3.8) is 0 Å². The Morgan fingerprint density at radius 1 is 0.889 bits per heavy atom. The second-order valence-electron chi connectivity index (χ2n) is 4.59. The third-order valence-electron chi connectivity index (χ3n) is 3.29. The minimum Gasteiger partial charge on any atom is -0.0843 e. The van der Waals surface area contributed by atoms with Crippen LogP contribution in [0.1, 0.15) is 31.7 Å². The Kier molecular flexibility index (Phi) is 4.31. The summed E-state index contributed by atoms with van der Waals surface area (Å²) >= 11 is 12.0. The van der Waals surface area contributed by atoms with E-state index in [1.54, 1.807) is 6.07 Å². The van der Waals surface area contributed by atoms with Crippen LogP contribution in [0.2, 0.25) is 10.0 Å². The van der Waals surface area contributed by atoms with Gasteiger partial charge in [-0.05, 0) is 47.2 Å². The predicted octanol–water partition coefficient (Wildman–Crippen LogP) is 6.17. The maximum Gasteiger partial charge on any atom is 0.0426 e. The fraction of sp³-hybridized carbons (Fsp3) is 0.250. The molecule has 0 saturated carbocycles. The van der Waals surface area contributed by atoms with E-state index >= 15 is 0 Å². The van der Waals surface area contributed by atoms with Crippen LogP contribution in [0.15, 0.2) is 42.5 Å². The molecule has 0 saturated heterocycles. The van der Waals surface area contributed by atoms with Gasteiger partial charge in [0.25, 0.3) is 0 Å². The molecule has 0 N–H and O–H groups in total. The molecule has 0 spiro atoms. The lowest BCUT2D eigenvalue weighted by molar-refractivity contribution is 0.734. The summed E-state index contributed by atoms with van der Waals surface area (Å²) in [5.41, 5.74) is 3.57. The van der Waals surface area contributed by atoms with Crippen molar-refractivity contribution in [3.05, 3.63) is 58.1 Å². The van der Waals surface area contributed by atoms with Gasteiger partial charge in [-0.1, -0.05) is 61.3 Å². The summed E-state index contributed by atoms with van der Waals surface area (Å²) < 4.78 is 0. The van der Waals surface area contributed by atoms with E-state index in [1.165, 1.54) is 5.56 Å². The summed E-state index contributed by atoms with van der Waals surface area (Å²) in [4.78, 5) is 0. The van der Waals surface area contributed by atoms with Crippen LogP contribution < -0.4 is 0 Å². The number of hydrogen-bond acceptors (Lipinski definition) is 0. The average molecular weight is 279 g/mol. The van der Waals surface area contributed by atoms with Crippen molar-refractivity contribution >= 4 is 23.2 Å². The minimum atomic E-state index is 0.599. The Morgan fingerprint density at radius 2 is 1.44 bits per heavy atom. The zero-order chi connectivity index (χ0) is 13.1. The lowest BCUT2D eigenvalue weighted by atomic mass is 9.96. The second-order valence-corrected chi connectivity index (χ2v) is 5.46. The molecule has 0 nitrogen and oxygen atoms in total. The fourth-order valence-corrected chi connectivity index (χ4v) is 2.49. The lowest BCUT2D eigenvalue weighted by Gasteiger charge is -2.10. The Morgan fingerprint density at radius 3 is 1.94 bits per heavy atom. The molecule has 0 amide bonds. The van der Waals surface area contributed by atoms with Crippen molar-refractivity contribution in [2.24, 2.45) is 0 Å². The predicted molar refractivity (Wildman–Crippen MR) is 80.6 cm³/mol. The zero-order valence-corrected chi connectivity index (χ0v) is 12.1. The molecular weight excluding hydrogens is 263 g/mol. The first kappa shape index (κ1) is 13.5. The standard InChI is InChI=1S/C16H16Cl2/c1-3-11(2)12-4-6-13(7-5-12)14-8-15(17)10-16(18)9-14/h4-11H,3H2,1-2H3. The molecule has 0 radical (unpaired) electrons. The molecule has 18 heavy (non-hydrogen) atoms. The Hall–Kier alpha value is -0.980. The van der Waals surface area contributed by atoms with E-state index in [0.29, 0.717) is 16.0 Å². The molecule has 1 unspecified atom stereocenters. The SMILES string of the molecule is CCC(C)c1ccc(-c2cc(Cl)cc(Cl)c2)cc1. The van der Waals surface area contributed by atoms with Crippen molar-refractivity contribution in [2.75, 3.05) is 0 Å². The zero-order valence-electron chi connectivity index (χ0n) is 10.6. The number of hydrogen-bond donors (Lipinski definition) is 0. The van der Waals surface area contributed by atoms with Gasteiger partial charge in [0.15, 0.2) is 0 Å². The molecule has 2 aromatic rings. The molecule has 0 aliphatic heterocycles. The molecule has 0 aromatic heterocycles. The first-order valence-electron chi connectivity index (χ1n) is 6.16. The molecule has 2 rings (SSSR count). The van der Waals surface area contributed by atoms with Crippen molar-refractivity contribution in [2.45, 2.75) is 26.2 Å². The molecule has 1 atom stereocenters. The molecule has 2 heteroatoms. The average Bonchev–Trinajstić information content (AvgIpc) is 2.37. The molecule has 94 valence electrons. The van der Waals surface area contributed by atoms with Crippen molar-refractivity contribution < 1.29 is 0 Å². The van der Waals surface area contributed by atoms with Gasteiger partial charge in [-0.3, -0.25) is 0 Å². The molecule has 0 fully saturated rings. The van der Waals surface area contributed by atoms with Crippen LogP contribution in [0.5, 0.6) is 0 Å². The molecule has 0 heterocycles. The van der Waals surface area contributed by atoms with E-state index in [2.05, 4.69) is 38.1 Å². The lowest BCUT2D eigenvalue weighted by Crippen LogP contribution is -1.90. The van der Waals surface area contributed by atoms with Crippen molar-refractivity contribution in [3.8, 4) is 11.1 Å². The van der Waals surface area contributed by atoms with Crippen LogP contribution in [0.4, 0.5) is 0 Å². The first-order valence-corrected chi connectivity index (χ1v) is 6.92. The third-order valence-corrected chi connectivity index (χ3v) is 3.72. The molecule has 2 aromatic carbocycles. The largest absolute Gasteiger partial charge is 0.0843 e. The van der Waals surface area contributed by atoms with Crippen LogP contribution >= 0.6 is 23.2 Å². The highest BCUT2D eigenvalue weighted by molar-refractivity contribution is 6.35. The van der Waals surface area contributed by atoms with E-state index in [0.717, 1.165) is 17.5 Å². The Balaban J connectivity index is 2.34. The Bertz CT molecular complexity index is 509. The van der Waals surface area contributed by atoms with E-state index in [-0.39, 0.29) is 0 Å². The number of halogens is 2. The van der Waals surface area contributed by atoms with Crippen LogP contribution in [0.3, 0.4) is 0 Å². The van der Waals surface area contributed by atoms with Crippen LogP contribution in [-0.2, 0) is 0 Å². The molecule has 0 aliphatic carbocycles. The van der Waals surface area contributed by atoms with Crippen LogP contribution in [0, 0.1) is 0 Å². The molecular formula is C16H16Cl2. The summed E-state index contributed by atoms with van der Waals surface area (Å²) in [5, 5.41) is 1.34. The van der Waals surface area contributed by atoms with Gasteiger partial charge >= 0.3 is 0 Å². The van der Waals surface area contributed by atoms with Crippen LogP contribution in [0.25, 0.3) is 11.1 Å². The van der Waals surface area contributed by atoms with E-state index in [1.807, 2.05) is 12.1 Å². The fourth-order valence-electron chi connectivity index (χ4n) is 1.96. The summed E-state index contributed by atoms with van der Waals surface area (Å²) in [6, 6.07) is 14.2. The smallest absolute Gasteiger partial charge is 0.0426 e. The van der Waals surface area contributed by atoms with Gasteiger partial charge in [0.2, 0.25) is 0 Å². The monoisotopic (exact) mass is 278 g/mol. The molecule has 0 bridgehead atoms. The number of rotatable bonds is 3. The van der Waals surface area contributed by atoms with E-state index in [4.69, 9.17) is 23.2 Å². The van der Waals surface area contributed by atoms with E-state index in [9.17, 15) is 0 Å². The number of benzene rings is 2. The maximum absolute atomic E-state index is 6.02. The highest BCUT2D eigenvalue weighted by Gasteiger charge is 2.04. The minimum absolute atomic E-state index is 0.599. The van der Waals surface area contributed by atoms with Gasteiger partial charge in [-0.2, -0.15) is 0 Å². The van der Waals surface area contributed by atoms with E-state index < -0.39 is 0 Å². The quantitative estimate of drug-likeness (QED) is 0.629. The topological polar surface area (TPSA) is 0 Å². The second kappa shape index (κ2) is 5.77. The first-order chi connectivity index (χ1) is 8.60. The van der Waals surface area contributed by atoms with Gasteiger partial charge in [-0.25, -0.2) is 0 Å². The Labute approximate surface area is 119 Å². The third kappa shape index (κ3) is 3.07. The summed E-state index contributed by atoms with van der Waals surface area (Å²) in [7, 11) is 0. The van der Waals surface area contributed by atoms with Crippen molar-refractivity contribution in [1.82, 2.24) is 0 Å². The van der Waals surface area contributed by atoms with Gasteiger partial charge < -0.3 is 0 Å². The van der Waals surface area contributed by atoms with Gasteiger partial charge in [0.05, 0.1) is 0 Å².